The topological polar surface area (TPSA) is 122 Å². The Labute approximate surface area is 150 Å². The fraction of sp³-hybridized carbons (Fsp3) is 0.333. The fourth-order valence-electron chi connectivity index (χ4n) is 3.17. The van der Waals surface area contributed by atoms with Crippen LogP contribution in [0.15, 0.2) is 24.3 Å². The number of nitrogens with zero attached hydrogens (tertiary/aromatic N) is 4. The molecule has 0 spiro atoms. The van der Waals surface area contributed by atoms with Gasteiger partial charge in [-0.3, -0.25) is 4.79 Å². The van der Waals surface area contributed by atoms with E-state index in [1.165, 1.54) is 12.1 Å². The summed E-state index contributed by atoms with van der Waals surface area (Å²) in [4.78, 5) is 22.0. The lowest BCUT2D eigenvalue weighted by Crippen LogP contribution is -2.46. The van der Waals surface area contributed by atoms with Gasteiger partial charge in [0, 0.05) is 24.2 Å². The van der Waals surface area contributed by atoms with E-state index < -0.39 is 5.82 Å². The summed E-state index contributed by atoms with van der Waals surface area (Å²) in [6.45, 7) is 2.49. The van der Waals surface area contributed by atoms with Crippen molar-refractivity contribution in [2.75, 3.05) is 17.2 Å². The predicted octanol–water partition coefficient (Wildman–Crippen LogP) is 1.83. The van der Waals surface area contributed by atoms with Crippen LogP contribution in [0.5, 0.6) is 0 Å². The van der Waals surface area contributed by atoms with Crippen molar-refractivity contribution in [2.24, 2.45) is 11.7 Å². The fourth-order valence-corrected chi connectivity index (χ4v) is 3.17. The first kappa shape index (κ1) is 17.6. The molecule has 2 unspecified atom stereocenters. The Morgan fingerprint density at radius 3 is 2.77 bits per heavy atom. The third-order valence-corrected chi connectivity index (χ3v) is 4.69. The molecular weight excluding hydrogens is 335 g/mol. The molecule has 7 nitrogen and oxygen atoms in total. The molecule has 0 saturated carbocycles. The second kappa shape index (κ2) is 6.96. The lowest BCUT2D eigenvalue weighted by molar-refractivity contribution is -0.122. The Hall–Kier alpha value is -3.21. The highest BCUT2D eigenvalue weighted by Gasteiger charge is 2.30. The lowest BCUT2D eigenvalue weighted by atomic mass is 9.93. The number of nitrogens with two attached hydrogens (primary N) is 2. The van der Waals surface area contributed by atoms with Crippen molar-refractivity contribution in [3.8, 4) is 17.3 Å². The van der Waals surface area contributed by atoms with Crippen molar-refractivity contribution in [3.63, 3.8) is 0 Å². The number of nitriles is 1. The quantitative estimate of drug-likeness (QED) is 0.867. The Kier molecular flexibility index (Phi) is 4.71. The molecule has 1 fully saturated rings. The molecule has 1 amide bonds. The van der Waals surface area contributed by atoms with Gasteiger partial charge in [0.15, 0.2) is 0 Å². The molecule has 1 aliphatic rings. The third-order valence-electron chi connectivity index (χ3n) is 4.69. The number of benzene rings is 1. The largest absolute Gasteiger partial charge is 0.369 e. The van der Waals surface area contributed by atoms with E-state index in [0.717, 1.165) is 12.8 Å². The van der Waals surface area contributed by atoms with Crippen LogP contribution in [0.3, 0.4) is 0 Å². The van der Waals surface area contributed by atoms with Crippen molar-refractivity contribution in [3.05, 3.63) is 35.6 Å². The van der Waals surface area contributed by atoms with E-state index in [0.29, 0.717) is 23.6 Å². The molecule has 0 radical (unpaired) electrons. The van der Waals surface area contributed by atoms with Crippen LogP contribution in [-0.2, 0) is 4.79 Å². The number of carbonyl (C=O) groups is 1. The minimum absolute atomic E-state index is 0.0371. The molecule has 8 heteroatoms. The van der Waals surface area contributed by atoms with Crippen LogP contribution in [0.1, 0.15) is 25.3 Å². The molecule has 26 heavy (non-hydrogen) atoms. The average molecular weight is 354 g/mol. The van der Waals surface area contributed by atoms with Gasteiger partial charge in [0.05, 0.1) is 17.2 Å². The van der Waals surface area contributed by atoms with Gasteiger partial charge in [0.25, 0.3) is 0 Å². The number of halogens is 1. The first-order valence-corrected chi connectivity index (χ1v) is 8.29. The minimum Gasteiger partial charge on any atom is -0.369 e. The maximum atomic E-state index is 13.9. The molecule has 4 N–H and O–H groups in total. The summed E-state index contributed by atoms with van der Waals surface area (Å²) in [5.41, 5.74) is 12.2. The Balaban J connectivity index is 1.98. The zero-order valence-corrected chi connectivity index (χ0v) is 14.3. The molecule has 1 aromatic heterocycles. The highest BCUT2D eigenvalue weighted by Crippen LogP contribution is 2.30. The van der Waals surface area contributed by atoms with Gasteiger partial charge in [-0.1, -0.05) is 6.07 Å². The number of nitrogen functional groups attached to an aromatic ring is 1. The molecular formula is C18H19FN6O. The van der Waals surface area contributed by atoms with E-state index in [-0.39, 0.29) is 29.4 Å². The van der Waals surface area contributed by atoms with Crippen LogP contribution in [0.2, 0.25) is 0 Å². The Morgan fingerprint density at radius 2 is 2.12 bits per heavy atom. The van der Waals surface area contributed by atoms with Gasteiger partial charge < -0.3 is 16.4 Å². The zero-order chi connectivity index (χ0) is 18.8. The van der Waals surface area contributed by atoms with Gasteiger partial charge in [0.1, 0.15) is 17.7 Å². The van der Waals surface area contributed by atoms with Crippen LogP contribution >= 0.6 is 0 Å². The van der Waals surface area contributed by atoms with Crippen molar-refractivity contribution in [1.82, 2.24) is 9.97 Å². The normalized spacial score (nSPS) is 19.8. The van der Waals surface area contributed by atoms with E-state index in [4.69, 9.17) is 16.7 Å². The Bertz CT molecular complexity index is 894. The monoisotopic (exact) mass is 354 g/mol. The average Bonchev–Trinajstić information content (AvgIpc) is 2.61. The first-order valence-electron chi connectivity index (χ1n) is 8.29. The van der Waals surface area contributed by atoms with Gasteiger partial charge in [-0.2, -0.15) is 10.2 Å². The van der Waals surface area contributed by atoms with Crippen LogP contribution in [0.4, 0.5) is 16.2 Å². The number of primary amides is 1. The molecule has 1 aliphatic heterocycles. The third kappa shape index (κ3) is 3.42. The van der Waals surface area contributed by atoms with Gasteiger partial charge in [0.2, 0.25) is 11.9 Å². The maximum absolute atomic E-state index is 13.9. The first-order chi connectivity index (χ1) is 12.4. The molecule has 2 heterocycles. The van der Waals surface area contributed by atoms with Crippen LogP contribution in [0, 0.1) is 23.1 Å². The maximum Gasteiger partial charge on any atom is 0.222 e. The molecule has 0 aliphatic carbocycles. The van der Waals surface area contributed by atoms with Crippen LogP contribution in [0.25, 0.3) is 11.3 Å². The standard InChI is InChI=1S/C18H19FN6O/c1-10-2-3-13(17(21)26)9-25(10)16-7-15(23-18(22)24-16)11-4-5-12(8-20)14(19)6-11/h4-7,10,13H,2-3,9H2,1H3,(H2,21,26)(H2,22,23,24). The van der Waals surface area contributed by atoms with Crippen molar-refractivity contribution >= 4 is 17.7 Å². The number of hydrogen-bond acceptors (Lipinski definition) is 6. The van der Waals surface area contributed by atoms with Gasteiger partial charge >= 0.3 is 0 Å². The van der Waals surface area contributed by atoms with Crippen molar-refractivity contribution in [2.45, 2.75) is 25.8 Å². The van der Waals surface area contributed by atoms with E-state index in [1.54, 1.807) is 18.2 Å². The minimum atomic E-state index is -0.621. The smallest absolute Gasteiger partial charge is 0.222 e. The molecule has 3 rings (SSSR count). The summed E-state index contributed by atoms with van der Waals surface area (Å²) >= 11 is 0. The van der Waals surface area contributed by atoms with Crippen molar-refractivity contribution in [1.29, 1.82) is 5.26 Å². The predicted molar refractivity (Wildman–Crippen MR) is 95.3 cm³/mol. The van der Waals surface area contributed by atoms with Crippen LogP contribution < -0.4 is 16.4 Å². The second-order valence-electron chi connectivity index (χ2n) is 6.45. The van der Waals surface area contributed by atoms with E-state index >= 15 is 0 Å². The number of piperidine rings is 1. The van der Waals surface area contributed by atoms with Crippen molar-refractivity contribution < 1.29 is 9.18 Å². The number of anilines is 2. The molecule has 2 aromatic rings. The molecule has 0 bridgehead atoms. The SMILES string of the molecule is CC1CCC(C(N)=O)CN1c1cc(-c2ccc(C#N)c(F)c2)nc(N)n1. The number of carbonyl (C=O) groups excluding carboxylic acids is 1. The second-order valence-corrected chi connectivity index (χ2v) is 6.45. The van der Waals surface area contributed by atoms with Gasteiger partial charge in [-0.05, 0) is 31.9 Å². The summed E-state index contributed by atoms with van der Waals surface area (Å²) in [6.07, 6.45) is 1.54. The van der Waals surface area contributed by atoms with E-state index in [1.807, 2.05) is 11.8 Å². The number of aromatic nitrogens is 2. The van der Waals surface area contributed by atoms with E-state index in [9.17, 15) is 9.18 Å². The number of hydrogen-bond donors (Lipinski definition) is 2. The lowest BCUT2D eigenvalue weighted by Gasteiger charge is -2.37. The Morgan fingerprint density at radius 1 is 1.35 bits per heavy atom. The summed E-state index contributed by atoms with van der Waals surface area (Å²) in [6, 6.07) is 7.90. The summed E-state index contributed by atoms with van der Waals surface area (Å²) in [5, 5.41) is 8.86. The molecule has 1 saturated heterocycles. The molecule has 2 atom stereocenters. The summed E-state index contributed by atoms with van der Waals surface area (Å²) in [5.74, 6) is -0.591. The molecule has 1 aromatic carbocycles. The zero-order valence-electron chi connectivity index (χ0n) is 14.3. The highest BCUT2D eigenvalue weighted by atomic mass is 19.1. The summed E-state index contributed by atoms with van der Waals surface area (Å²) in [7, 11) is 0. The van der Waals surface area contributed by atoms with Crippen LogP contribution in [-0.4, -0.2) is 28.5 Å². The molecule has 134 valence electrons. The highest BCUT2D eigenvalue weighted by molar-refractivity contribution is 5.77. The number of rotatable bonds is 3. The van der Waals surface area contributed by atoms with Gasteiger partial charge in [-0.15, -0.1) is 0 Å². The van der Waals surface area contributed by atoms with Gasteiger partial charge in [-0.25, -0.2) is 9.37 Å². The summed E-state index contributed by atoms with van der Waals surface area (Å²) < 4.78 is 13.9. The number of amides is 1. The van der Waals surface area contributed by atoms with E-state index in [2.05, 4.69) is 9.97 Å².